The lowest BCUT2D eigenvalue weighted by Crippen LogP contribution is -2.10. The smallest absolute Gasteiger partial charge is 0.234 e. The van der Waals surface area contributed by atoms with Gasteiger partial charge in [0.05, 0.1) is 6.42 Å². The fourth-order valence-electron chi connectivity index (χ4n) is 1.44. The summed E-state index contributed by atoms with van der Waals surface area (Å²) in [4.78, 5) is 15.7. The quantitative estimate of drug-likeness (QED) is 0.798. The first kappa shape index (κ1) is 13.3. The number of carbonyl (C=O) groups excluding carboxylic acids is 1. The van der Waals surface area contributed by atoms with Crippen LogP contribution in [0.5, 0.6) is 5.75 Å². The summed E-state index contributed by atoms with van der Waals surface area (Å²) < 4.78 is 10.5. The van der Waals surface area contributed by atoms with Crippen LogP contribution in [0.2, 0.25) is 0 Å². The first-order valence-electron chi connectivity index (χ1n) is 6.17. The van der Waals surface area contributed by atoms with Crippen molar-refractivity contribution in [3.63, 3.8) is 0 Å². The molecule has 5 nitrogen and oxygen atoms in total. The van der Waals surface area contributed by atoms with Crippen molar-refractivity contribution in [2.24, 2.45) is 5.92 Å². The molecule has 0 radical (unpaired) electrons. The van der Waals surface area contributed by atoms with E-state index < -0.39 is 0 Å². The molecule has 0 spiro atoms. The Balaban J connectivity index is 1.89. The topological polar surface area (TPSA) is 65.2 Å². The fraction of sp³-hybridized carbons (Fsp3) is 0.357. The minimum atomic E-state index is -0.0316. The molecule has 1 aromatic carbocycles. The molecule has 19 heavy (non-hydrogen) atoms. The number of aromatic nitrogens is 2. The average Bonchev–Trinajstić information content (AvgIpc) is 2.85. The molecule has 2 rings (SSSR count). The molecule has 0 aliphatic carbocycles. The summed E-state index contributed by atoms with van der Waals surface area (Å²) in [5.41, 5.74) is 0. The third-order valence-electron chi connectivity index (χ3n) is 2.59. The van der Waals surface area contributed by atoms with Crippen LogP contribution in [0.4, 0.5) is 0 Å². The van der Waals surface area contributed by atoms with Crippen molar-refractivity contribution in [1.29, 1.82) is 0 Å². The number of nitrogens with zero attached hydrogens (tertiary/aromatic N) is 2. The van der Waals surface area contributed by atoms with Crippen LogP contribution < -0.4 is 4.74 Å². The van der Waals surface area contributed by atoms with Gasteiger partial charge in [-0.25, -0.2) is 0 Å². The molecule has 5 heteroatoms. The molecule has 0 atom stereocenters. The number of hydrogen-bond donors (Lipinski definition) is 0. The molecule has 1 aromatic heterocycles. The predicted molar refractivity (Wildman–Crippen MR) is 68.6 cm³/mol. The third-order valence-corrected chi connectivity index (χ3v) is 2.59. The molecule has 0 fully saturated rings. The van der Waals surface area contributed by atoms with Crippen LogP contribution in [0.15, 0.2) is 34.9 Å². The van der Waals surface area contributed by atoms with Crippen molar-refractivity contribution in [2.75, 3.05) is 0 Å². The van der Waals surface area contributed by atoms with Gasteiger partial charge in [0.15, 0.2) is 6.61 Å². The molecule has 1 heterocycles. The Bertz CT molecular complexity index is 535. The van der Waals surface area contributed by atoms with Crippen molar-refractivity contribution >= 4 is 5.78 Å². The monoisotopic (exact) mass is 260 g/mol. The fourth-order valence-corrected chi connectivity index (χ4v) is 1.44. The van der Waals surface area contributed by atoms with Crippen LogP contribution in [0.25, 0.3) is 0 Å². The first-order valence-corrected chi connectivity index (χ1v) is 6.17. The second kappa shape index (κ2) is 6.13. The number of carbonyl (C=O) groups is 1. The highest BCUT2D eigenvalue weighted by Gasteiger charge is 2.14. The zero-order chi connectivity index (χ0) is 13.7. The molecule has 0 saturated carbocycles. The van der Waals surface area contributed by atoms with Gasteiger partial charge in [-0.3, -0.25) is 4.79 Å². The SMILES string of the molecule is CC(C)C(=O)Cc1nc(COc2ccccc2)no1. The summed E-state index contributed by atoms with van der Waals surface area (Å²) in [6.07, 6.45) is 0.177. The highest BCUT2D eigenvalue weighted by Crippen LogP contribution is 2.11. The number of ether oxygens (including phenoxy) is 1. The summed E-state index contributed by atoms with van der Waals surface area (Å²) in [7, 11) is 0. The zero-order valence-corrected chi connectivity index (χ0v) is 11.0. The van der Waals surface area contributed by atoms with E-state index in [1.165, 1.54) is 0 Å². The molecule has 100 valence electrons. The third kappa shape index (κ3) is 3.91. The number of Topliss-reactive ketones (excluding diaryl/α,β-unsaturated/α-hetero) is 1. The Hall–Kier alpha value is -2.17. The second-order valence-electron chi connectivity index (χ2n) is 4.50. The van der Waals surface area contributed by atoms with E-state index >= 15 is 0 Å². The summed E-state index contributed by atoms with van der Waals surface area (Å²) in [5.74, 6) is 1.57. The molecule has 0 amide bonds. The van der Waals surface area contributed by atoms with E-state index in [-0.39, 0.29) is 24.7 Å². The Labute approximate surface area is 111 Å². The maximum Gasteiger partial charge on any atom is 0.234 e. The van der Waals surface area contributed by atoms with E-state index in [0.717, 1.165) is 5.75 Å². The van der Waals surface area contributed by atoms with Gasteiger partial charge in [-0.2, -0.15) is 4.98 Å². The van der Waals surface area contributed by atoms with Gasteiger partial charge in [0.25, 0.3) is 0 Å². The summed E-state index contributed by atoms with van der Waals surface area (Å²) in [6, 6.07) is 9.39. The van der Waals surface area contributed by atoms with Crippen LogP contribution in [0.3, 0.4) is 0 Å². The Morgan fingerprint density at radius 3 is 2.74 bits per heavy atom. The Kier molecular flexibility index (Phi) is 4.28. The van der Waals surface area contributed by atoms with Crippen molar-refractivity contribution in [3.05, 3.63) is 42.0 Å². The van der Waals surface area contributed by atoms with Gasteiger partial charge >= 0.3 is 0 Å². The molecule has 0 saturated heterocycles. The second-order valence-corrected chi connectivity index (χ2v) is 4.50. The summed E-state index contributed by atoms with van der Waals surface area (Å²) in [6.45, 7) is 3.92. The van der Waals surface area contributed by atoms with Crippen molar-refractivity contribution in [3.8, 4) is 5.75 Å². The molecule has 0 aliphatic heterocycles. The van der Waals surface area contributed by atoms with E-state index in [2.05, 4.69) is 10.1 Å². The van der Waals surface area contributed by atoms with Crippen LogP contribution in [0, 0.1) is 5.92 Å². The van der Waals surface area contributed by atoms with Gasteiger partial charge < -0.3 is 9.26 Å². The molecular formula is C14H16N2O3. The maximum absolute atomic E-state index is 11.5. The number of benzene rings is 1. The van der Waals surface area contributed by atoms with E-state index in [4.69, 9.17) is 9.26 Å². The molecule has 2 aromatic rings. The lowest BCUT2D eigenvalue weighted by atomic mass is 10.1. The molecule has 0 aliphatic rings. The Morgan fingerprint density at radius 2 is 2.05 bits per heavy atom. The lowest BCUT2D eigenvalue weighted by molar-refractivity contribution is -0.121. The van der Waals surface area contributed by atoms with Crippen LogP contribution in [0.1, 0.15) is 25.6 Å². The van der Waals surface area contributed by atoms with Crippen LogP contribution in [-0.4, -0.2) is 15.9 Å². The summed E-state index contributed by atoms with van der Waals surface area (Å²) in [5, 5.41) is 3.78. The largest absolute Gasteiger partial charge is 0.485 e. The highest BCUT2D eigenvalue weighted by atomic mass is 16.5. The van der Waals surface area contributed by atoms with E-state index in [0.29, 0.717) is 11.7 Å². The van der Waals surface area contributed by atoms with Gasteiger partial charge in [-0.05, 0) is 12.1 Å². The minimum Gasteiger partial charge on any atom is -0.485 e. The number of para-hydroxylation sites is 1. The van der Waals surface area contributed by atoms with Crippen LogP contribution >= 0.6 is 0 Å². The predicted octanol–water partition coefficient (Wildman–Crippen LogP) is 2.42. The van der Waals surface area contributed by atoms with E-state index in [1.807, 2.05) is 44.2 Å². The van der Waals surface area contributed by atoms with E-state index in [9.17, 15) is 4.79 Å². The minimum absolute atomic E-state index is 0.0316. The number of ketones is 1. The van der Waals surface area contributed by atoms with Gasteiger partial charge in [-0.1, -0.05) is 37.2 Å². The standard InChI is InChI=1S/C14H16N2O3/c1-10(2)12(17)8-14-15-13(16-19-14)9-18-11-6-4-3-5-7-11/h3-7,10H,8-9H2,1-2H3. The van der Waals surface area contributed by atoms with Crippen LogP contribution in [-0.2, 0) is 17.8 Å². The zero-order valence-electron chi connectivity index (χ0n) is 11.0. The van der Waals surface area contributed by atoms with Gasteiger partial charge in [0.1, 0.15) is 11.5 Å². The number of hydrogen-bond acceptors (Lipinski definition) is 5. The van der Waals surface area contributed by atoms with Gasteiger partial charge in [0, 0.05) is 5.92 Å². The highest BCUT2D eigenvalue weighted by molar-refractivity contribution is 5.81. The number of rotatable bonds is 6. The normalized spacial score (nSPS) is 10.7. The maximum atomic E-state index is 11.5. The van der Waals surface area contributed by atoms with E-state index in [1.54, 1.807) is 0 Å². The van der Waals surface area contributed by atoms with Crippen molar-refractivity contribution in [1.82, 2.24) is 10.1 Å². The van der Waals surface area contributed by atoms with Gasteiger partial charge in [-0.15, -0.1) is 0 Å². The molecule has 0 bridgehead atoms. The van der Waals surface area contributed by atoms with Gasteiger partial charge in [0.2, 0.25) is 11.7 Å². The summed E-state index contributed by atoms with van der Waals surface area (Å²) >= 11 is 0. The first-order chi connectivity index (χ1) is 9.15. The van der Waals surface area contributed by atoms with Crippen molar-refractivity contribution in [2.45, 2.75) is 26.9 Å². The lowest BCUT2D eigenvalue weighted by Gasteiger charge is -2.01. The Morgan fingerprint density at radius 1 is 1.32 bits per heavy atom. The molecule has 0 unspecified atom stereocenters. The average molecular weight is 260 g/mol. The molecular weight excluding hydrogens is 244 g/mol. The van der Waals surface area contributed by atoms with Crippen molar-refractivity contribution < 1.29 is 14.1 Å². The molecule has 0 N–H and O–H groups in total.